The molecular weight excluding hydrogens is 306 g/mol. The molecular formula is C19H21NO4. The number of carboxylic acids is 1. The van der Waals surface area contributed by atoms with Crippen LogP contribution in [-0.4, -0.2) is 34.5 Å². The molecule has 1 amide bonds. The summed E-state index contributed by atoms with van der Waals surface area (Å²) in [5.74, 6) is -0.491. The molecule has 0 saturated carbocycles. The summed E-state index contributed by atoms with van der Waals surface area (Å²) >= 11 is 0. The molecule has 2 heterocycles. The van der Waals surface area contributed by atoms with Gasteiger partial charge in [0.05, 0.1) is 18.6 Å². The molecule has 1 aliphatic heterocycles. The van der Waals surface area contributed by atoms with Crippen LogP contribution in [0.1, 0.15) is 25.3 Å². The van der Waals surface area contributed by atoms with Crippen LogP contribution in [0.5, 0.6) is 0 Å². The van der Waals surface area contributed by atoms with Crippen molar-refractivity contribution in [3.63, 3.8) is 0 Å². The number of piperidine rings is 1. The molecule has 5 heteroatoms. The summed E-state index contributed by atoms with van der Waals surface area (Å²) < 4.78 is 5.35. The average Bonchev–Trinajstić information content (AvgIpc) is 3.10. The van der Waals surface area contributed by atoms with E-state index in [1.54, 1.807) is 11.2 Å². The first-order valence-electron chi connectivity index (χ1n) is 8.19. The maximum absolute atomic E-state index is 12.6. The highest BCUT2D eigenvalue weighted by atomic mass is 16.4. The van der Waals surface area contributed by atoms with E-state index < -0.39 is 11.9 Å². The molecule has 5 nitrogen and oxygen atoms in total. The Morgan fingerprint density at radius 1 is 1.21 bits per heavy atom. The van der Waals surface area contributed by atoms with Crippen LogP contribution in [0.15, 0.2) is 47.1 Å². The van der Waals surface area contributed by atoms with Gasteiger partial charge in [0.1, 0.15) is 5.76 Å². The first-order valence-corrected chi connectivity index (χ1v) is 8.19. The van der Waals surface area contributed by atoms with Gasteiger partial charge in [-0.15, -0.1) is 0 Å². The molecule has 1 saturated heterocycles. The summed E-state index contributed by atoms with van der Waals surface area (Å²) in [6.07, 6.45) is 3.29. The summed E-state index contributed by atoms with van der Waals surface area (Å²) in [6, 6.07) is 11.5. The summed E-state index contributed by atoms with van der Waals surface area (Å²) in [5, 5.41) is 9.19. The summed E-state index contributed by atoms with van der Waals surface area (Å²) in [6.45, 7) is 2.29. The van der Waals surface area contributed by atoms with Crippen LogP contribution in [-0.2, 0) is 16.0 Å². The fourth-order valence-corrected chi connectivity index (χ4v) is 3.16. The number of hydrogen-bond acceptors (Lipinski definition) is 3. The van der Waals surface area contributed by atoms with E-state index in [0.29, 0.717) is 13.0 Å². The number of hydrogen-bond donors (Lipinski definition) is 1. The summed E-state index contributed by atoms with van der Waals surface area (Å²) in [4.78, 5) is 25.5. The second kappa shape index (κ2) is 6.91. The zero-order valence-corrected chi connectivity index (χ0v) is 13.6. The van der Waals surface area contributed by atoms with Gasteiger partial charge >= 0.3 is 5.97 Å². The van der Waals surface area contributed by atoms with Crippen molar-refractivity contribution >= 4 is 11.9 Å². The predicted octanol–water partition coefficient (Wildman–Crippen LogP) is 3.20. The number of nitrogens with zero attached hydrogens (tertiary/aromatic N) is 1. The Labute approximate surface area is 140 Å². The van der Waals surface area contributed by atoms with Crippen LogP contribution in [0.4, 0.5) is 0 Å². The summed E-state index contributed by atoms with van der Waals surface area (Å²) in [5.41, 5.74) is 1.88. The van der Waals surface area contributed by atoms with Crippen LogP contribution in [0.3, 0.4) is 0 Å². The number of benzene rings is 1. The topological polar surface area (TPSA) is 70.8 Å². The molecule has 2 aromatic rings. The lowest BCUT2D eigenvalue weighted by atomic mass is 9.93. The van der Waals surface area contributed by atoms with Gasteiger partial charge in [-0.1, -0.05) is 24.3 Å². The number of carboxylic acid groups (broad SMARTS) is 1. The molecule has 0 bridgehead atoms. The number of carbonyl (C=O) groups excluding carboxylic acids is 1. The monoisotopic (exact) mass is 327 g/mol. The van der Waals surface area contributed by atoms with E-state index in [-0.39, 0.29) is 18.4 Å². The minimum atomic E-state index is -0.817. The maximum atomic E-state index is 12.6. The lowest BCUT2D eigenvalue weighted by Gasteiger charge is -2.36. The third kappa shape index (κ3) is 3.50. The fourth-order valence-electron chi connectivity index (χ4n) is 3.16. The quantitative estimate of drug-likeness (QED) is 0.936. The highest BCUT2D eigenvalue weighted by molar-refractivity contribution is 5.80. The Balaban J connectivity index is 1.66. The largest absolute Gasteiger partial charge is 0.481 e. The van der Waals surface area contributed by atoms with Crippen molar-refractivity contribution in [2.45, 2.75) is 32.2 Å². The zero-order chi connectivity index (χ0) is 17.1. The first kappa shape index (κ1) is 16.3. The molecule has 0 unspecified atom stereocenters. The van der Waals surface area contributed by atoms with Crippen molar-refractivity contribution in [3.8, 4) is 11.3 Å². The molecule has 24 heavy (non-hydrogen) atoms. The number of rotatable bonds is 4. The second-order valence-corrected chi connectivity index (χ2v) is 6.36. The van der Waals surface area contributed by atoms with Crippen molar-refractivity contribution in [2.24, 2.45) is 5.92 Å². The van der Waals surface area contributed by atoms with E-state index in [1.165, 1.54) is 0 Å². The van der Waals surface area contributed by atoms with E-state index in [0.717, 1.165) is 23.3 Å². The van der Waals surface area contributed by atoms with Crippen molar-refractivity contribution in [2.75, 3.05) is 6.54 Å². The lowest BCUT2D eigenvalue weighted by Crippen LogP contribution is -2.47. The third-order valence-corrected chi connectivity index (χ3v) is 4.67. The molecule has 1 aliphatic rings. The van der Waals surface area contributed by atoms with Crippen LogP contribution in [0.25, 0.3) is 11.3 Å². The Morgan fingerprint density at radius 2 is 1.96 bits per heavy atom. The first-order chi connectivity index (χ1) is 11.5. The van der Waals surface area contributed by atoms with Gasteiger partial charge in [0.2, 0.25) is 5.91 Å². The van der Waals surface area contributed by atoms with Crippen LogP contribution >= 0.6 is 0 Å². The van der Waals surface area contributed by atoms with Gasteiger partial charge in [-0.3, -0.25) is 9.59 Å². The number of amides is 1. The highest BCUT2D eigenvalue weighted by Gasteiger charge is 2.32. The van der Waals surface area contributed by atoms with Crippen LogP contribution in [0.2, 0.25) is 0 Å². The normalized spacial score (nSPS) is 20.8. The Bertz CT molecular complexity index is 705. The van der Waals surface area contributed by atoms with Gasteiger partial charge in [-0.05, 0) is 37.5 Å². The maximum Gasteiger partial charge on any atom is 0.308 e. The predicted molar refractivity (Wildman–Crippen MR) is 89.4 cm³/mol. The van der Waals surface area contributed by atoms with E-state index in [9.17, 15) is 14.7 Å². The number of aliphatic carboxylic acids is 1. The SMILES string of the molecule is C[C@H]1CC[C@@H](C(=O)O)CN1C(=O)Cc1ccc(-c2ccco2)cc1. The molecule has 1 aromatic carbocycles. The van der Waals surface area contributed by atoms with Crippen molar-refractivity contribution in [1.29, 1.82) is 0 Å². The smallest absolute Gasteiger partial charge is 0.308 e. The van der Waals surface area contributed by atoms with E-state index in [4.69, 9.17) is 4.42 Å². The Morgan fingerprint density at radius 3 is 2.58 bits per heavy atom. The van der Waals surface area contributed by atoms with E-state index in [2.05, 4.69) is 0 Å². The minimum absolute atomic E-state index is 0.0146. The lowest BCUT2D eigenvalue weighted by molar-refractivity contribution is -0.146. The number of likely N-dealkylation sites (tertiary alicyclic amines) is 1. The van der Waals surface area contributed by atoms with E-state index >= 15 is 0 Å². The molecule has 3 rings (SSSR count). The van der Waals surface area contributed by atoms with Crippen LogP contribution < -0.4 is 0 Å². The minimum Gasteiger partial charge on any atom is -0.481 e. The van der Waals surface area contributed by atoms with Gasteiger partial charge in [0.15, 0.2) is 0 Å². The summed E-state index contributed by atoms with van der Waals surface area (Å²) in [7, 11) is 0. The molecule has 0 spiro atoms. The zero-order valence-electron chi connectivity index (χ0n) is 13.6. The number of furan rings is 1. The van der Waals surface area contributed by atoms with Crippen molar-refractivity contribution < 1.29 is 19.1 Å². The molecule has 1 N–H and O–H groups in total. The number of carbonyl (C=O) groups is 2. The second-order valence-electron chi connectivity index (χ2n) is 6.36. The average molecular weight is 327 g/mol. The Kier molecular flexibility index (Phi) is 4.69. The molecule has 2 atom stereocenters. The van der Waals surface area contributed by atoms with Crippen molar-refractivity contribution in [1.82, 2.24) is 4.90 Å². The molecule has 0 aliphatic carbocycles. The van der Waals surface area contributed by atoms with Gasteiger partial charge in [-0.2, -0.15) is 0 Å². The van der Waals surface area contributed by atoms with Gasteiger partial charge in [0, 0.05) is 18.2 Å². The Hall–Kier alpha value is -2.56. The van der Waals surface area contributed by atoms with Gasteiger partial charge < -0.3 is 14.4 Å². The fraction of sp³-hybridized carbons (Fsp3) is 0.368. The standard InChI is InChI=1S/C19H21NO4/c1-13-4-7-16(19(22)23)12-20(13)18(21)11-14-5-8-15(9-6-14)17-3-2-10-24-17/h2-3,5-6,8-10,13,16H,4,7,11-12H2,1H3,(H,22,23)/t13-,16+/m0/s1. The molecule has 126 valence electrons. The highest BCUT2D eigenvalue weighted by Crippen LogP contribution is 2.24. The molecule has 1 fully saturated rings. The molecule has 0 radical (unpaired) electrons. The third-order valence-electron chi connectivity index (χ3n) is 4.67. The van der Waals surface area contributed by atoms with Crippen LogP contribution in [0, 0.1) is 5.92 Å². The van der Waals surface area contributed by atoms with E-state index in [1.807, 2.05) is 43.3 Å². The van der Waals surface area contributed by atoms with Gasteiger partial charge in [0.25, 0.3) is 0 Å². The van der Waals surface area contributed by atoms with Gasteiger partial charge in [-0.25, -0.2) is 0 Å². The van der Waals surface area contributed by atoms with Crippen molar-refractivity contribution in [3.05, 3.63) is 48.2 Å². The molecule has 1 aromatic heterocycles.